The number of rotatable bonds is 8. The Balaban J connectivity index is 1.49. The number of hydrogen-bond donors (Lipinski definition) is 0. The Morgan fingerprint density at radius 3 is 2.59 bits per heavy atom. The molecule has 0 aliphatic carbocycles. The molecule has 4 nitrogen and oxygen atoms in total. The summed E-state index contributed by atoms with van der Waals surface area (Å²) in [6.45, 7) is 0.175. The van der Waals surface area contributed by atoms with E-state index >= 15 is 0 Å². The van der Waals surface area contributed by atoms with Gasteiger partial charge in [-0.1, -0.05) is 17.4 Å². The van der Waals surface area contributed by atoms with Gasteiger partial charge in [-0.15, -0.1) is 11.8 Å². The van der Waals surface area contributed by atoms with E-state index in [1.54, 1.807) is 30.5 Å². The molecule has 0 saturated heterocycles. The summed E-state index contributed by atoms with van der Waals surface area (Å²) < 4.78 is 41.1. The topological polar surface area (TPSA) is 46.1 Å². The number of halogens is 3. The number of nitrogens with zero attached hydrogens (tertiary/aromatic N) is 3. The number of thiazole rings is 1. The molecule has 1 amide bonds. The number of amides is 1. The molecule has 0 aliphatic rings. The zero-order valence-electron chi connectivity index (χ0n) is 16.8. The standard InChI is InChI=1S/C23H18F3N3OS2/c24-15-6-8-18(9-7-15)31-11-3-5-21(30)29(14-17-4-1-2-10-27-17)23-28-22-19(26)12-16(25)13-20(22)32-23/h1-2,4,6-10,12-13H,3,5,11,14H2. The zero-order chi connectivity index (χ0) is 22.5. The van der Waals surface area contributed by atoms with Crippen LogP contribution in [0.2, 0.25) is 0 Å². The maximum absolute atomic E-state index is 14.1. The minimum absolute atomic E-state index is 0.0390. The minimum atomic E-state index is -0.761. The van der Waals surface area contributed by atoms with Crippen LogP contribution in [0.15, 0.2) is 65.7 Å². The van der Waals surface area contributed by atoms with E-state index < -0.39 is 11.6 Å². The SMILES string of the molecule is O=C(CCCSc1ccc(F)cc1)N(Cc1ccccn1)c1nc2c(F)cc(F)cc2s1. The van der Waals surface area contributed by atoms with Crippen molar-refractivity contribution in [3.63, 3.8) is 0 Å². The van der Waals surface area contributed by atoms with Crippen LogP contribution in [0.4, 0.5) is 18.3 Å². The summed E-state index contributed by atoms with van der Waals surface area (Å²) >= 11 is 2.60. The Kier molecular flexibility index (Phi) is 7.06. The molecule has 0 N–H and O–H groups in total. The van der Waals surface area contributed by atoms with Gasteiger partial charge in [0.15, 0.2) is 10.9 Å². The maximum Gasteiger partial charge on any atom is 0.229 e. The van der Waals surface area contributed by atoms with E-state index in [0.29, 0.717) is 27.7 Å². The largest absolute Gasteiger partial charge is 0.282 e. The lowest BCUT2D eigenvalue weighted by Gasteiger charge is -2.19. The van der Waals surface area contributed by atoms with E-state index in [2.05, 4.69) is 9.97 Å². The molecule has 32 heavy (non-hydrogen) atoms. The van der Waals surface area contributed by atoms with Gasteiger partial charge in [-0.2, -0.15) is 0 Å². The van der Waals surface area contributed by atoms with Gasteiger partial charge in [-0.25, -0.2) is 18.2 Å². The highest BCUT2D eigenvalue weighted by Gasteiger charge is 2.22. The summed E-state index contributed by atoms with van der Waals surface area (Å²) in [6.07, 6.45) is 2.46. The van der Waals surface area contributed by atoms with Crippen LogP contribution in [0, 0.1) is 17.5 Å². The maximum atomic E-state index is 14.1. The van der Waals surface area contributed by atoms with Crippen molar-refractivity contribution in [1.29, 1.82) is 0 Å². The lowest BCUT2D eigenvalue weighted by atomic mass is 10.2. The highest BCUT2D eigenvalue weighted by atomic mass is 32.2. The predicted octanol–water partition coefficient (Wildman–Crippen LogP) is 6.21. The summed E-state index contributed by atoms with van der Waals surface area (Å²) in [7, 11) is 0. The number of fused-ring (bicyclic) bond motifs is 1. The second kappa shape index (κ2) is 10.1. The summed E-state index contributed by atoms with van der Waals surface area (Å²) in [5, 5.41) is 0.298. The number of benzene rings is 2. The fourth-order valence-corrected chi connectivity index (χ4v) is 4.93. The van der Waals surface area contributed by atoms with Crippen molar-refractivity contribution >= 4 is 44.4 Å². The first-order chi connectivity index (χ1) is 15.5. The molecule has 2 aromatic heterocycles. The molecule has 2 aromatic carbocycles. The second-order valence-corrected chi connectivity index (χ2v) is 9.12. The fraction of sp³-hybridized carbons (Fsp3) is 0.174. The molecule has 0 bridgehead atoms. The number of aromatic nitrogens is 2. The highest BCUT2D eigenvalue weighted by molar-refractivity contribution is 7.99. The van der Waals surface area contributed by atoms with Gasteiger partial charge in [0.25, 0.3) is 0 Å². The first-order valence-corrected chi connectivity index (χ1v) is 11.6. The molecule has 9 heteroatoms. The number of thioether (sulfide) groups is 1. The van der Waals surface area contributed by atoms with Crippen molar-refractivity contribution in [3.8, 4) is 0 Å². The van der Waals surface area contributed by atoms with Crippen LogP contribution in [0.25, 0.3) is 10.2 Å². The van der Waals surface area contributed by atoms with Crippen LogP contribution in [-0.4, -0.2) is 21.6 Å². The van der Waals surface area contributed by atoms with Gasteiger partial charge in [0.2, 0.25) is 5.91 Å². The average Bonchev–Trinajstić information content (AvgIpc) is 3.21. The van der Waals surface area contributed by atoms with Crippen LogP contribution in [-0.2, 0) is 11.3 Å². The normalized spacial score (nSPS) is 11.1. The molecular formula is C23H18F3N3OS2. The first kappa shape index (κ1) is 22.3. The molecule has 0 spiro atoms. The van der Waals surface area contributed by atoms with Gasteiger partial charge in [0.05, 0.1) is 16.9 Å². The number of carbonyl (C=O) groups is 1. The molecule has 0 aliphatic heterocycles. The number of anilines is 1. The molecule has 0 radical (unpaired) electrons. The Morgan fingerprint density at radius 1 is 1.03 bits per heavy atom. The second-order valence-electron chi connectivity index (χ2n) is 6.94. The minimum Gasteiger partial charge on any atom is -0.282 e. The van der Waals surface area contributed by atoms with E-state index in [4.69, 9.17) is 0 Å². The van der Waals surface area contributed by atoms with Gasteiger partial charge in [0.1, 0.15) is 17.2 Å². The molecule has 0 saturated carbocycles. The van der Waals surface area contributed by atoms with E-state index in [9.17, 15) is 18.0 Å². The summed E-state index contributed by atoms with van der Waals surface area (Å²) in [5.41, 5.74) is 0.699. The summed E-state index contributed by atoms with van der Waals surface area (Å²) in [6, 6.07) is 13.6. The molecule has 0 fully saturated rings. The van der Waals surface area contributed by atoms with Crippen LogP contribution in [0.1, 0.15) is 18.5 Å². The zero-order valence-corrected chi connectivity index (χ0v) is 18.4. The predicted molar refractivity (Wildman–Crippen MR) is 121 cm³/mol. The Bertz CT molecular complexity index is 1220. The Hall–Kier alpha value is -2.91. The number of pyridine rings is 1. The van der Waals surface area contributed by atoms with Crippen molar-refractivity contribution in [1.82, 2.24) is 9.97 Å². The fourth-order valence-electron chi connectivity index (χ4n) is 3.06. The lowest BCUT2D eigenvalue weighted by molar-refractivity contribution is -0.118. The van der Waals surface area contributed by atoms with Crippen LogP contribution < -0.4 is 4.90 Å². The summed E-state index contributed by atoms with van der Waals surface area (Å²) in [4.78, 5) is 24.0. The van der Waals surface area contributed by atoms with Crippen LogP contribution in [0.5, 0.6) is 0 Å². The number of hydrogen-bond acceptors (Lipinski definition) is 5. The van der Waals surface area contributed by atoms with Crippen molar-refractivity contribution in [2.45, 2.75) is 24.3 Å². The quantitative estimate of drug-likeness (QED) is 0.225. The van der Waals surface area contributed by atoms with Gasteiger partial charge in [0, 0.05) is 23.6 Å². The third-order valence-electron chi connectivity index (χ3n) is 4.60. The van der Waals surface area contributed by atoms with Crippen LogP contribution in [0.3, 0.4) is 0 Å². The van der Waals surface area contributed by atoms with Gasteiger partial charge < -0.3 is 0 Å². The lowest BCUT2D eigenvalue weighted by Crippen LogP contribution is -2.30. The summed E-state index contributed by atoms with van der Waals surface area (Å²) in [5.74, 6) is -1.25. The molecule has 4 aromatic rings. The Morgan fingerprint density at radius 2 is 1.84 bits per heavy atom. The molecule has 0 unspecified atom stereocenters. The molecule has 4 rings (SSSR count). The van der Waals surface area contributed by atoms with E-state index in [1.165, 1.54) is 34.9 Å². The first-order valence-electron chi connectivity index (χ1n) is 9.84. The van der Waals surface area contributed by atoms with Crippen molar-refractivity contribution in [2.24, 2.45) is 0 Å². The Labute approximate surface area is 191 Å². The molecular weight excluding hydrogens is 455 g/mol. The van der Waals surface area contributed by atoms with Crippen molar-refractivity contribution in [3.05, 3.63) is 83.9 Å². The monoisotopic (exact) mass is 473 g/mol. The van der Waals surface area contributed by atoms with Crippen molar-refractivity contribution in [2.75, 3.05) is 10.7 Å². The smallest absolute Gasteiger partial charge is 0.229 e. The van der Waals surface area contributed by atoms with Crippen LogP contribution >= 0.6 is 23.1 Å². The number of carbonyl (C=O) groups excluding carboxylic acids is 1. The highest BCUT2D eigenvalue weighted by Crippen LogP contribution is 2.32. The van der Waals surface area contributed by atoms with E-state index in [0.717, 1.165) is 22.3 Å². The van der Waals surface area contributed by atoms with E-state index in [1.807, 2.05) is 6.07 Å². The van der Waals surface area contributed by atoms with Gasteiger partial charge in [-0.05, 0) is 54.6 Å². The third-order valence-corrected chi connectivity index (χ3v) is 6.72. The van der Waals surface area contributed by atoms with Gasteiger partial charge >= 0.3 is 0 Å². The average molecular weight is 474 g/mol. The third kappa shape index (κ3) is 5.46. The van der Waals surface area contributed by atoms with E-state index in [-0.39, 0.29) is 30.2 Å². The molecule has 0 atom stereocenters. The molecule has 164 valence electrons. The van der Waals surface area contributed by atoms with Crippen molar-refractivity contribution < 1.29 is 18.0 Å². The van der Waals surface area contributed by atoms with Gasteiger partial charge in [-0.3, -0.25) is 14.7 Å². The molecule has 2 heterocycles.